The van der Waals surface area contributed by atoms with Crippen LogP contribution in [0, 0.1) is 0 Å². The van der Waals surface area contributed by atoms with Crippen molar-refractivity contribution in [3.8, 4) is 23.0 Å². The van der Waals surface area contributed by atoms with Crippen molar-refractivity contribution in [2.75, 3.05) is 26.4 Å². The summed E-state index contributed by atoms with van der Waals surface area (Å²) in [6.45, 7) is 12.1. The minimum Gasteiger partial charge on any atom is -0.494 e. The molecule has 0 amide bonds. The maximum atomic E-state index is 6.34. The van der Waals surface area contributed by atoms with Crippen LogP contribution in [0.3, 0.4) is 0 Å². The van der Waals surface area contributed by atoms with E-state index in [2.05, 4.69) is 113 Å². The largest absolute Gasteiger partial charge is 0.494 e. The summed E-state index contributed by atoms with van der Waals surface area (Å²) in [6.07, 6.45) is 38.8. The Balaban J connectivity index is 1.66. The third-order valence-corrected chi connectivity index (χ3v) is 10.9. The molecule has 0 aliphatic heterocycles. The quantitative estimate of drug-likeness (QED) is 0.0434. The van der Waals surface area contributed by atoms with E-state index in [0.29, 0.717) is 0 Å². The summed E-state index contributed by atoms with van der Waals surface area (Å²) in [5, 5.41) is 0. The van der Waals surface area contributed by atoms with Crippen LogP contribution < -0.4 is 18.9 Å². The van der Waals surface area contributed by atoms with Gasteiger partial charge in [0.05, 0.1) is 26.4 Å². The zero-order valence-corrected chi connectivity index (χ0v) is 37.5. The Kier molecular flexibility index (Phi) is 27.9. The zero-order valence-electron chi connectivity index (χ0n) is 37.5. The van der Waals surface area contributed by atoms with E-state index < -0.39 is 0 Å². The van der Waals surface area contributed by atoms with Crippen molar-refractivity contribution in [3.05, 3.63) is 82.9 Å². The number of hydrogen-bond acceptors (Lipinski definition) is 4. The second kappa shape index (κ2) is 33.2. The molecule has 0 aliphatic rings. The van der Waals surface area contributed by atoms with Crippen molar-refractivity contribution in [2.24, 2.45) is 0 Å². The lowest BCUT2D eigenvalue weighted by molar-refractivity contribution is 0.296. The fraction of sp³-hybridized carbons (Fsp3) is 0.593. The normalized spacial score (nSPS) is 11.5. The van der Waals surface area contributed by atoms with Gasteiger partial charge in [0.2, 0.25) is 0 Å². The molecule has 0 bridgehead atoms. The molecule has 0 fully saturated rings. The van der Waals surface area contributed by atoms with E-state index >= 15 is 0 Å². The van der Waals surface area contributed by atoms with Crippen LogP contribution in [0.1, 0.15) is 204 Å². The maximum absolute atomic E-state index is 6.34. The van der Waals surface area contributed by atoms with Gasteiger partial charge in [-0.1, -0.05) is 205 Å². The Bertz CT molecular complexity index is 1380. The Morgan fingerprint density at radius 1 is 0.310 bits per heavy atom. The van der Waals surface area contributed by atoms with Crippen molar-refractivity contribution in [3.63, 3.8) is 0 Å². The monoisotopic (exact) mass is 795 g/mol. The van der Waals surface area contributed by atoms with Gasteiger partial charge in [-0.05, 0) is 73.2 Å². The fourth-order valence-electron chi connectivity index (χ4n) is 7.12. The first kappa shape index (κ1) is 48.7. The first-order valence-corrected chi connectivity index (χ1v) is 23.9. The van der Waals surface area contributed by atoms with Gasteiger partial charge < -0.3 is 18.9 Å². The van der Waals surface area contributed by atoms with Crippen molar-refractivity contribution in [1.29, 1.82) is 0 Å². The standard InChI is InChI=1S/C54H82O4/c1-5-9-13-17-21-25-41-55-51-37-39-53(57-43-27-23-19-15-11-7-3)49(45-51)35-33-47-29-31-48(32-30-47)34-36-50-46-52(56-42-26-22-18-14-10-6-2)38-40-54(50)58-44-28-24-20-16-12-8-4/h29-40,45-46H,5-28,41-44H2,1-4H3/b35-33-,36-34-. The summed E-state index contributed by atoms with van der Waals surface area (Å²) in [5.74, 6) is 3.66. The average molecular weight is 795 g/mol. The summed E-state index contributed by atoms with van der Waals surface area (Å²) in [5.41, 5.74) is 4.40. The minimum atomic E-state index is 0.742. The molecule has 0 radical (unpaired) electrons. The molecular formula is C54H82O4. The van der Waals surface area contributed by atoms with E-state index in [1.165, 1.54) is 128 Å². The lowest BCUT2D eigenvalue weighted by Crippen LogP contribution is -2.01. The zero-order chi connectivity index (χ0) is 41.1. The van der Waals surface area contributed by atoms with Crippen LogP contribution in [0.25, 0.3) is 24.3 Å². The third kappa shape index (κ3) is 22.5. The van der Waals surface area contributed by atoms with Crippen LogP contribution in [-0.2, 0) is 0 Å². The highest BCUT2D eigenvalue weighted by Crippen LogP contribution is 2.29. The van der Waals surface area contributed by atoms with E-state index in [1.807, 2.05) is 0 Å². The van der Waals surface area contributed by atoms with Gasteiger partial charge in [0.25, 0.3) is 0 Å². The molecule has 4 nitrogen and oxygen atoms in total. The molecule has 0 atom stereocenters. The van der Waals surface area contributed by atoms with Gasteiger partial charge >= 0.3 is 0 Å². The van der Waals surface area contributed by atoms with Gasteiger partial charge in [-0.15, -0.1) is 0 Å². The molecule has 322 valence electrons. The molecule has 0 heterocycles. The summed E-state index contributed by atoms with van der Waals surface area (Å²) in [7, 11) is 0. The molecule has 0 saturated heterocycles. The Hall–Kier alpha value is -3.66. The summed E-state index contributed by atoms with van der Waals surface area (Å²) in [4.78, 5) is 0. The van der Waals surface area contributed by atoms with Crippen LogP contribution in [0.4, 0.5) is 0 Å². The van der Waals surface area contributed by atoms with Crippen molar-refractivity contribution >= 4 is 24.3 Å². The summed E-state index contributed by atoms with van der Waals surface area (Å²) >= 11 is 0. The van der Waals surface area contributed by atoms with E-state index in [1.54, 1.807) is 0 Å². The molecule has 58 heavy (non-hydrogen) atoms. The summed E-state index contributed by atoms with van der Waals surface area (Å²) < 4.78 is 25.1. The average Bonchev–Trinajstić information content (AvgIpc) is 3.25. The number of ether oxygens (including phenoxy) is 4. The van der Waals surface area contributed by atoms with Crippen molar-refractivity contribution in [2.45, 2.75) is 182 Å². The molecule has 0 spiro atoms. The molecule has 0 aliphatic carbocycles. The highest BCUT2D eigenvalue weighted by Gasteiger charge is 2.07. The lowest BCUT2D eigenvalue weighted by Gasteiger charge is -2.13. The molecule has 4 heteroatoms. The number of hydrogen-bond donors (Lipinski definition) is 0. The molecule has 0 unspecified atom stereocenters. The second-order valence-electron chi connectivity index (χ2n) is 16.2. The Labute approximate surface area is 356 Å². The van der Waals surface area contributed by atoms with Gasteiger partial charge in [0.15, 0.2) is 0 Å². The van der Waals surface area contributed by atoms with Gasteiger partial charge in [-0.3, -0.25) is 0 Å². The van der Waals surface area contributed by atoms with Crippen LogP contribution in [-0.4, -0.2) is 26.4 Å². The van der Waals surface area contributed by atoms with E-state index in [4.69, 9.17) is 18.9 Å². The highest BCUT2D eigenvalue weighted by atomic mass is 16.5. The Morgan fingerprint density at radius 2 is 0.603 bits per heavy atom. The topological polar surface area (TPSA) is 36.9 Å². The van der Waals surface area contributed by atoms with Gasteiger partial charge in [0, 0.05) is 11.1 Å². The number of benzene rings is 3. The molecule has 3 rings (SSSR count). The maximum Gasteiger partial charge on any atom is 0.126 e. The lowest BCUT2D eigenvalue weighted by atomic mass is 10.1. The SMILES string of the molecule is CCCCCCCCOc1ccc(OCCCCCCCC)c(/C=C\c2ccc(/C=C\c3cc(OCCCCCCCC)ccc3OCCCCCCCC)cc2)c1. The third-order valence-electron chi connectivity index (χ3n) is 10.9. The fourth-order valence-corrected chi connectivity index (χ4v) is 7.12. The van der Waals surface area contributed by atoms with Gasteiger partial charge in [-0.25, -0.2) is 0 Å². The van der Waals surface area contributed by atoms with E-state index in [9.17, 15) is 0 Å². The molecule has 0 saturated carbocycles. The predicted molar refractivity (Wildman–Crippen MR) is 253 cm³/mol. The number of unbranched alkanes of at least 4 members (excludes halogenated alkanes) is 20. The van der Waals surface area contributed by atoms with Gasteiger partial charge in [0.1, 0.15) is 23.0 Å². The molecule has 3 aromatic rings. The smallest absolute Gasteiger partial charge is 0.126 e. The van der Waals surface area contributed by atoms with Gasteiger partial charge in [-0.2, -0.15) is 0 Å². The van der Waals surface area contributed by atoms with E-state index in [-0.39, 0.29) is 0 Å². The number of rotatable bonds is 36. The van der Waals surface area contributed by atoms with Crippen LogP contribution in [0.5, 0.6) is 23.0 Å². The first-order valence-electron chi connectivity index (χ1n) is 23.9. The summed E-state index contributed by atoms with van der Waals surface area (Å²) in [6, 6.07) is 21.3. The highest BCUT2D eigenvalue weighted by molar-refractivity contribution is 5.76. The Morgan fingerprint density at radius 3 is 0.931 bits per heavy atom. The predicted octanol–water partition coefficient (Wildman–Crippen LogP) is 17.0. The van der Waals surface area contributed by atoms with Crippen LogP contribution >= 0.6 is 0 Å². The molecular weight excluding hydrogens is 713 g/mol. The van der Waals surface area contributed by atoms with Crippen LogP contribution in [0.15, 0.2) is 60.7 Å². The molecule has 0 aromatic heterocycles. The van der Waals surface area contributed by atoms with Crippen molar-refractivity contribution in [1.82, 2.24) is 0 Å². The van der Waals surface area contributed by atoms with Crippen molar-refractivity contribution < 1.29 is 18.9 Å². The van der Waals surface area contributed by atoms with E-state index in [0.717, 1.165) is 97.4 Å². The molecule has 3 aromatic carbocycles. The molecule has 0 N–H and O–H groups in total. The first-order chi connectivity index (χ1) is 28.7. The minimum absolute atomic E-state index is 0.742. The van der Waals surface area contributed by atoms with Crippen LogP contribution in [0.2, 0.25) is 0 Å². The second-order valence-corrected chi connectivity index (χ2v) is 16.2.